The van der Waals surface area contributed by atoms with E-state index in [-0.39, 0.29) is 23.2 Å². The number of carbonyl (C=O) groups is 1. The van der Waals surface area contributed by atoms with E-state index in [1.54, 1.807) is 6.92 Å². The summed E-state index contributed by atoms with van der Waals surface area (Å²) in [6.45, 7) is 2.17. The van der Waals surface area contributed by atoms with Crippen LogP contribution in [0.25, 0.3) is 0 Å². The van der Waals surface area contributed by atoms with E-state index in [0.29, 0.717) is 12.8 Å². The highest BCUT2D eigenvalue weighted by atomic mass is 35.5. The molecular weight excluding hydrogens is 306 g/mol. The van der Waals surface area contributed by atoms with E-state index in [1.807, 2.05) is 0 Å². The highest BCUT2D eigenvalue weighted by Gasteiger charge is 2.42. The van der Waals surface area contributed by atoms with Crippen LogP contribution in [0.4, 0.5) is 0 Å². The Labute approximate surface area is 122 Å². The summed E-state index contributed by atoms with van der Waals surface area (Å²) in [6, 6.07) is -0.786. The molecule has 0 amide bonds. The third-order valence-corrected chi connectivity index (χ3v) is 5.57. The molecule has 1 fully saturated rings. The molecule has 9 heteroatoms. The van der Waals surface area contributed by atoms with E-state index in [4.69, 9.17) is 16.3 Å². The largest absolute Gasteiger partial charge is 0.465 e. The number of carbonyl (C=O) groups excluding carboxylic acids is 1. The van der Waals surface area contributed by atoms with Crippen molar-refractivity contribution in [3.8, 4) is 0 Å². The van der Waals surface area contributed by atoms with Gasteiger partial charge in [0.25, 0.3) is 10.0 Å². The van der Waals surface area contributed by atoms with Crippen LogP contribution in [-0.2, 0) is 26.6 Å². The van der Waals surface area contributed by atoms with Gasteiger partial charge in [-0.1, -0.05) is 11.6 Å². The normalized spacial score (nSPS) is 20.2. The molecule has 1 atom stereocenters. The van der Waals surface area contributed by atoms with Crippen molar-refractivity contribution < 1.29 is 17.9 Å². The van der Waals surface area contributed by atoms with E-state index < -0.39 is 22.0 Å². The van der Waals surface area contributed by atoms with Gasteiger partial charge in [0, 0.05) is 13.6 Å². The smallest absolute Gasteiger partial charge is 0.324 e. The minimum absolute atomic E-state index is 0.0435. The van der Waals surface area contributed by atoms with Crippen LogP contribution >= 0.6 is 11.6 Å². The third kappa shape index (κ3) is 2.55. The Morgan fingerprint density at radius 1 is 1.60 bits per heavy atom. The quantitative estimate of drug-likeness (QED) is 0.766. The lowest BCUT2D eigenvalue weighted by atomic mass is 10.2. The molecule has 2 heterocycles. The fourth-order valence-electron chi connectivity index (χ4n) is 2.30. The molecule has 1 aromatic heterocycles. The summed E-state index contributed by atoms with van der Waals surface area (Å²) in [4.78, 5) is 11.9. The molecule has 2 rings (SSSR count). The van der Waals surface area contributed by atoms with Crippen LogP contribution in [0.15, 0.2) is 11.2 Å². The van der Waals surface area contributed by atoms with Crippen molar-refractivity contribution >= 4 is 27.6 Å². The van der Waals surface area contributed by atoms with Gasteiger partial charge in [-0.25, -0.2) is 8.42 Å². The highest BCUT2D eigenvalue weighted by Crippen LogP contribution is 2.30. The third-order valence-electron chi connectivity index (χ3n) is 3.16. The van der Waals surface area contributed by atoms with E-state index in [9.17, 15) is 13.2 Å². The second kappa shape index (κ2) is 5.71. The average molecular weight is 322 g/mol. The van der Waals surface area contributed by atoms with Crippen molar-refractivity contribution in [3.05, 3.63) is 11.2 Å². The van der Waals surface area contributed by atoms with Crippen molar-refractivity contribution in [3.63, 3.8) is 0 Å². The SMILES string of the molecule is CCOC(=O)C1CCCN1S(=O)(=O)c1c(Cl)cnn1C. The average Bonchev–Trinajstić information content (AvgIpc) is 2.97. The minimum Gasteiger partial charge on any atom is -0.465 e. The Bertz CT molecular complexity index is 594. The summed E-state index contributed by atoms with van der Waals surface area (Å²) in [5, 5.41) is 3.76. The van der Waals surface area contributed by atoms with Gasteiger partial charge in [-0.05, 0) is 19.8 Å². The van der Waals surface area contributed by atoms with Crippen LogP contribution in [0.2, 0.25) is 5.02 Å². The van der Waals surface area contributed by atoms with E-state index in [0.717, 1.165) is 4.31 Å². The van der Waals surface area contributed by atoms with Crippen molar-refractivity contribution in [1.29, 1.82) is 0 Å². The van der Waals surface area contributed by atoms with Gasteiger partial charge in [0.15, 0.2) is 5.03 Å². The molecule has 1 saturated heterocycles. The number of aryl methyl sites for hydroxylation is 1. The Balaban J connectivity index is 2.36. The molecule has 1 aliphatic rings. The summed E-state index contributed by atoms with van der Waals surface area (Å²) in [7, 11) is -2.37. The maximum atomic E-state index is 12.6. The zero-order valence-electron chi connectivity index (χ0n) is 11.2. The number of esters is 1. The van der Waals surface area contributed by atoms with E-state index >= 15 is 0 Å². The monoisotopic (exact) mass is 321 g/mol. The predicted octanol–water partition coefficient (Wildman–Crippen LogP) is 0.790. The summed E-state index contributed by atoms with van der Waals surface area (Å²) in [6.07, 6.45) is 2.33. The number of aromatic nitrogens is 2. The lowest BCUT2D eigenvalue weighted by Gasteiger charge is -2.22. The second-order valence-electron chi connectivity index (χ2n) is 4.45. The molecule has 0 aromatic carbocycles. The summed E-state index contributed by atoms with van der Waals surface area (Å²) in [5.74, 6) is -0.521. The van der Waals surface area contributed by atoms with Gasteiger partial charge in [0.1, 0.15) is 6.04 Å². The van der Waals surface area contributed by atoms with Crippen LogP contribution in [0.3, 0.4) is 0 Å². The molecule has 7 nitrogen and oxygen atoms in total. The zero-order valence-corrected chi connectivity index (χ0v) is 12.8. The number of sulfonamides is 1. The molecule has 1 aliphatic heterocycles. The Morgan fingerprint density at radius 2 is 2.30 bits per heavy atom. The molecule has 20 heavy (non-hydrogen) atoms. The Hall–Kier alpha value is -1.12. The first-order valence-electron chi connectivity index (χ1n) is 6.25. The standard InChI is InChI=1S/C11H16ClN3O4S/c1-3-19-11(16)9-5-4-6-15(9)20(17,18)10-8(12)7-13-14(10)2/h7,9H,3-6H2,1-2H3. The molecule has 0 spiro atoms. The highest BCUT2D eigenvalue weighted by molar-refractivity contribution is 7.89. The molecule has 0 aliphatic carbocycles. The molecule has 0 N–H and O–H groups in total. The summed E-state index contributed by atoms with van der Waals surface area (Å²) < 4.78 is 32.5. The van der Waals surface area contributed by atoms with Crippen molar-refractivity contribution in [2.75, 3.05) is 13.2 Å². The maximum Gasteiger partial charge on any atom is 0.324 e. The van der Waals surface area contributed by atoms with Crippen LogP contribution in [0.5, 0.6) is 0 Å². The van der Waals surface area contributed by atoms with Crippen molar-refractivity contribution in [1.82, 2.24) is 14.1 Å². The van der Waals surface area contributed by atoms with Gasteiger partial charge < -0.3 is 4.74 Å². The molecule has 0 radical (unpaired) electrons. The van der Waals surface area contributed by atoms with Gasteiger partial charge in [-0.2, -0.15) is 9.40 Å². The first kappa shape index (κ1) is 15.3. The van der Waals surface area contributed by atoms with Gasteiger partial charge in [0.2, 0.25) is 0 Å². The van der Waals surface area contributed by atoms with Gasteiger partial charge in [-0.15, -0.1) is 0 Å². The number of hydrogen-bond donors (Lipinski definition) is 0. The fourth-order valence-corrected chi connectivity index (χ4v) is 4.56. The Morgan fingerprint density at radius 3 is 2.85 bits per heavy atom. The van der Waals surface area contributed by atoms with Gasteiger partial charge in [0.05, 0.1) is 17.8 Å². The number of nitrogens with zero attached hydrogens (tertiary/aromatic N) is 3. The lowest BCUT2D eigenvalue weighted by molar-refractivity contribution is -0.146. The van der Waals surface area contributed by atoms with E-state index in [1.165, 1.54) is 17.9 Å². The van der Waals surface area contributed by atoms with Crippen LogP contribution in [-0.4, -0.2) is 47.7 Å². The number of rotatable bonds is 4. The van der Waals surface area contributed by atoms with E-state index in [2.05, 4.69) is 5.10 Å². The first-order valence-corrected chi connectivity index (χ1v) is 8.07. The van der Waals surface area contributed by atoms with Crippen LogP contribution < -0.4 is 0 Å². The maximum absolute atomic E-state index is 12.6. The lowest BCUT2D eigenvalue weighted by Crippen LogP contribution is -2.42. The van der Waals surface area contributed by atoms with Crippen LogP contribution in [0.1, 0.15) is 19.8 Å². The molecule has 0 saturated carbocycles. The fraction of sp³-hybridized carbons (Fsp3) is 0.636. The predicted molar refractivity (Wildman–Crippen MR) is 71.8 cm³/mol. The summed E-state index contributed by atoms with van der Waals surface area (Å²) >= 11 is 5.89. The van der Waals surface area contributed by atoms with Crippen LogP contribution in [0, 0.1) is 0 Å². The zero-order chi connectivity index (χ0) is 14.9. The number of hydrogen-bond acceptors (Lipinski definition) is 5. The molecule has 0 bridgehead atoms. The molecule has 1 unspecified atom stereocenters. The first-order chi connectivity index (χ1) is 9.39. The number of halogens is 1. The van der Waals surface area contributed by atoms with Crippen molar-refractivity contribution in [2.45, 2.75) is 30.8 Å². The minimum atomic E-state index is -3.87. The molecular formula is C11H16ClN3O4S. The summed E-state index contributed by atoms with van der Waals surface area (Å²) in [5.41, 5.74) is 0. The van der Waals surface area contributed by atoms with Gasteiger partial charge in [-0.3, -0.25) is 9.48 Å². The molecule has 1 aromatic rings. The number of ether oxygens (including phenoxy) is 1. The Kier molecular flexibility index (Phi) is 4.36. The topological polar surface area (TPSA) is 81.5 Å². The second-order valence-corrected chi connectivity index (χ2v) is 6.66. The van der Waals surface area contributed by atoms with Crippen molar-refractivity contribution in [2.24, 2.45) is 7.05 Å². The molecule has 112 valence electrons. The van der Waals surface area contributed by atoms with Gasteiger partial charge >= 0.3 is 5.97 Å².